The molecule has 1 saturated carbocycles. The summed E-state index contributed by atoms with van der Waals surface area (Å²) < 4.78 is 33.2. The van der Waals surface area contributed by atoms with Gasteiger partial charge in [0.25, 0.3) is 15.9 Å². The summed E-state index contributed by atoms with van der Waals surface area (Å²) in [5.74, 6) is -7.90. The summed E-state index contributed by atoms with van der Waals surface area (Å²) in [5.41, 5.74) is 1.17. The molecule has 7 N–H and O–H groups in total. The first kappa shape index (κ1) is 28.3. The number of carbonyl (C=O) groups excluding carboxylic acids is 3. The molecule has 0 bridgehead atoms. The summed E-state index contributed by atoms with van der Waals surface area (Å²) in [5, 5.41) is 48.6. The Morgan fingerprint density at radius 3 is 2.41 bits per heavy atom. The molecular formula is C26H28N4O10S. The number of likely N-dealkylation sites (N-methyl/N-ethyl adjacent to an activating group) is 1. The van der Waals surface area contributed by atoms with Crippen LogP contribution >= 0.6 is 0 Å². The highest BCUT2D eigenvalue weighted by atomic mass is 32.2. The van der Waals surface area contributed by atoms with Crippen molar-refractivity contribution < 1.29 is 47.8 Å². The van der Waals surface area contributed by atoms with Crippen LogP contribution < -0.4 is 10.5 Å². The van der Waals surface area contributed by atoms with Crippen molar-refractivity contribution in [1.82, 2.24) is 10.1 Å². The van der Waals surface area contributed by atoms with Gasteiger partial charge in [0.2, 0.25) is 5.78 Å². The van der Waals surface area contributed by atoms with Crippen molar-refractivity contribution in [3.05, 3.63) is 51.6 Å². The van der Waals surface area contributed by atoms with Crippen LogP contribution in [0.2, 0.25) is 0 Å². The van der Waals surface area contributed by atoms with Crippen LogP contribution in [-0.4, -0.2) is 82.1 Å². The number of hydrogen-bond acceptors (Lipinski definition) is 12. The van der Waals surface area contributed by atoms with Gasteiger partial charge in [-0.1, -0.05) is 11.2 Å². The number of primary amides is 1. The van der Waals surface area contributed by atoms with E-state index in [-0.39, 0.29) is 46.0 Å². The molecule has 218 valence electrons. The maximum absolute atomic E-state index is 13.9. The monoisotopic (exact) mass is 588 g/mol. The highest BCUT2D eigenvalue weighted by Gasteiger charge is 2.64. The minimum absolute atomic E-state index is 0.0149. The van der Waals surface area contributed by atoms with Crippen LogP contribution in [0.1, 0.15) is 29.0 Å². The smallest absolute Gasteiger partial charge is 0.267 e. The lowest BCUT2D eigenvalue weighted by atomic mass is 9.57. The van der Waals surface area contributed by atoms with Crippen LogP contribution in [0.3, 0.4) is 0 Å². The zero-order valence-corrected chi connectivity index (χ0v) is 23.2. The number of nitrogens with two attached hydrogens (primary N) is 1. The van der Waals surface area contributed by atoms with Gasteiger partial charge < -0.3 is 30.7 Å². The minimum Gasteiger partial charge on any atom is -0.508 e. The third-order valence-corrected chi connectivity index (χ3v) is 9.68. The fourth-order valence-corrected chi connectivity index (χ4v) is 7.75. The fraction of sp³-hybridized carbons (Fsp3) is 0.385. The molecule has 41 heavy (non-hydrogen) atoms. The van der Waals surface area contributed by atoms with Gasteiger partial charge in [0.1, 0.15) is 22.8 Å². The normalized spacial score (nSPS) is 26.1. The maximum atomic E-state index is 13.9. The third kappa shape index (κ3) is 3.87. The number of aromatic nitrogens is 1. The van der Waals surface area contributed by atoms with Crippen LogP contribution in [0.4, 0.5) is 5.69 Å². The van der Waals surface area contributed by atoms with Crippen LogP contribution in [0.15, 0.2) is 38.5 Å². The standard InChI is InChI=1S/C26H28N4O10S/c1-9-22(10(2)40-28-9)41(38,39)29-14-6-5-11-7-12-8-13-18(30(3)4)21(33)17(25(27)36)24(35)26(13,37)23(34)16(12)20(32)15(11)19(14)31/h5-6,12-13,18,29,31-32,35,37H,7-8H2,1-4H3,(H2,27,36)/t12-,13-,18-,26-/m1/s1. The molecule has 3 aliphatic rings. The van der Waals surface area contributed by atoms with Crippen LogP contribution in [0.25, 0.3) is 5.76 Å². The number of rotatable bonds is 5. The highest BCUT2D eigenvalue weighted by molar-refractivity contribution is 7.92. The number of ketones is 2. The van der Waals surface area contributed by atoms with E-state index < -0.39 is 73.8 Å². The van der Waals surface area contributed by atoms with E-state index in [1.807, 2.05) is 0 Å². The first-order valence-electron chi connectivity index (χ1n) is 12.5. The van der Waals surface area contributed by atoms with Crippen molar-refractivity contribution >= 4 is 38.9 Å². The molecule has 3 aliphatic carbocycles. The van der Waals surface area contributed by atoms with Crippen molar-refractivity contribution in [2.45, 2.75) is 43.2 Å². The van der Waals surface area contributed by atoms with E-state index in [0.29, 0.717) is 5.56 Å². The van der Waals surface area contributed by atoms with Gasteiger partial charge in [0, 0.05) is 11.5 Å². The molecular weight excluding hydrogens is 560 g/mol. The molecule has 14 nitrogen and oxygen atoms in total. The number of aryl methyl sites for hydroxylation is 2. The molecule has 1 aromatic carbocycles. The number of anilines is 1. The summed E-state index contributed by atoms with van der Waals surface area (Å²) in [6.07, 6.45) is 0.00590. The molecule has 1 amide bonds. The van der Waals surface area contributed by atoms with Gasteiger partial charge in [0.05, 0.1) is 17.3 Å². The van der Waals surface area contributed by atoms with E-state index in [9.17, 15) is 43.2 Å². The van der Waals surface area contributed by atoms with E-state index in [0.717, 1.165) is 0 Å². The number of carbonyl (C=O) groups is 3. The van der Waals surface area contributed by atoms with E-state index in [4.69, 9.17) is 10.3 Å². The Morgan fingerprint density at radius 2 is 1.85 bits per heavy atom. The van der Waals surface area contributed by atoms with E-state index in [1.54, 1.807) is 0 Å². The van der Waals surface area contributed by atoms with Gasteiger partial charge in [-0.2, -0.15) is 0 Å². The summed E-state index contributed by atoms with van der Waals surface area (Å²) >= 11 is 0. The second-order valence-corrected chi connectivity index (χ2v) is 12.3. The van der Waals surface area contributed by atoms with Gasteiger partial charge in [-0.05, 0) is 58.3 Å². The van der Waals surface area contributed by atoms with Gasteiger partial charge in [-0.3, -0.25) is 24.0 Å². The van der Waals surface area contributed by atoms with Gasteiger partial charge in [-0.25, -0.2) is 8.42 Å². The third-order valence-electron chi connectivity index (χ3n) is 8.07. The number of aliphatic hydroxyl groups excluding tert-OH is 2. The van der Waals surface area contributed by atoms with Crippen molar-refractivity contribution in [1.29, 1.82) is 0 Å². The number of hydrogen-bond donors (Lipinski definition) is 6. The van der Waals surface area contributed by atoms with Crippen molar-refractivity contribution in [3.8, 4) is 5.75 Å². The van der Waals surface area contributed by atoms with Crippen molar-refractivity contribution in [2.24, 2.45) is 17.6 Å². The number of Topliss-reactive ketones (excluding diaryl/α,β-unsaturated/α-hetero) is 2. The van der Waals surface area contributed by atoms with E-state index in [2.05, 4.69) is 9.88 Å². The highest BCUT2D eigenvalue weighted by Crippen LogP contribution is 2.53. The lowest BCUT2D eigenvalue weighted by Gasteiger charge is -2.50. The number of sulfonamides is 1. The summed E-state index contributed by atoms with van der Waals surface area (Å²) in [7, 11) is -1.27. The molecule has 4 atom stereocenters. The van der Waals surface area contributed by atoms with E-state index >= 15 is 0 Å². The largest absolute Gasteiger partial charge is 0.508 e. The number of fused-ring (bicyclic) bond motifs is 3. The van der Waals surface area contributed by atoms with Gasteiger partial charge in [0.15, 0.2) is 27.8 Å². The molecule has 0 radical (unpaired) electrons. The Labute approximate surface area is 233 Å². The minimum atomic E-state index is -4.29. The topological polar surface area (TPSA) is 234 Å². The van der Waals surface area contributed by atoms with Crippen molar-refractivity contribution in [2.75, 3.05) is 18.8 Å². The molecule has 0 spiro atoms. The molecule has 2 aromatic rings. The SMILES string of the molecule is Cc1noc(C)c1S(=O)(=O)Nc1ccc2c(c1O)C(O)=C1C(=O)[C@@]3(O)C(O)=C(C(N)=O)C(=O)[C@H](N(C)C)[C@H]3C[C@H]1C2. The predicted molar refractivity (Wildman–Crippen MR) is 141 cm³/mol. The number of phenolic OH excluding ortho intramolecular Hbond substituents is 1. The molecule has 0 saturated heterocycles. The Bertz CT molecular complexity index is 1700. The number of aromatic hydroxyl groups is 1. The van der Waals surface area contributed by atoms with E-state index in [1.165, 1.54) is 45.0 Å². The van der Waals surface area contributed by atoms with Crippen molar-refractivity contribution in [3.63, 3.8) is 0 Å². The lowest BCUT2D eigenvalue weighted by molar-refractivity contribution is -0.153. The second kappa shape index (κ2) is 9.15. The quantitative estimate of drug-likeness (QED) is 0.205. The number of nitrogens with zero attached hydrogens (tertiary/aromatic N) is 2. The zero-order chi connectivity index (χ0) is 30.3. The zero-order valence-electron chi connectivity index (χ0n) is 22.4. The molecule has 1 fully saturated rings. The van der Waals surface area contributed by atoms with Gasteiger partial charge in [-0.15, -0.1) is 0 Å². The Hall–Kier alpha value is -4.21. The molecule has 0 aliphatic heterocycles. The average molecular weight is 589 g/mol. The fourth-order valence-electron chi connectivity index (χ4n) is 6.36. The molecule has 1 heterocycles. The lowest BCUT2D eigenvalue weighted by Crippen LogP contribution is -2.65. The molecule has 0 unspecified atom stereocenters. The number of aliphatic hydroxyl groups is 3. The first-order valence-corrected chi connectivity index (χ1v) is 14.0. The van der Waals surface area contributed by atoms with Crippen LogP contribution in [-0.2, 0) is 30.8 Å². The predicted octanol–water partition coefficient (Wildman–Crippen LogP) is 0.370. The first-order chi connectivity index (χ1) is 19.0. The van der Waals surface area contributed by atoms with Gasteiger partial charge >= 0.3 is 0 Å². The number of phenols is 1. The molecule has 15 heteroatoms. The average Bonchev–Trinajstić information content (AvgIpc) is 3.21. The summed E-state index contributed by atoms with van der Waals surface area (Å²) in [4.78, 5) is 40.3. The van der Waals surface area contributed by atoms with Crippen LogP contribution in [0, 0.1) is 25.7 Å². The summed E-state index contributed by atoms with van der Waals surface area (Å²) in [6, 6.07) is 1.57. The molecule has 1 aromatic heterocycles. The Balaban J connectivity index is 1.64. The Morgan fingerprint density at radius 1 is 1.20 bits per heavy atom. The number of nitrogens with one attached hydrogen (secondary N) is 1. The maximum Gasteiger partial charge on any atom is 0.267 e. The number of benzene rings is 1. The van der Waals surface area contributed by atoms with Crippen LogP contribution in [0.5, 0.6) is 5.75 Å². The number of amides is 1. The Kier molecular flexibility index (Phi) is 6.32. The summed E-state index contributed by atoms with van der Waals surface area (Å²) in [6.45, 7) is 2.82. The second-order valence-electron chi connectivity index (χ2n) is 10.7. The molecule has 5 rings (SSSR count).